The van der Waals surface area contributed by atoms with Crippen molar-refractivity contribution in [3.05, 3.63) is 66.4 Å². The van der Waals surface area contributed by atoms with E-state index in [0.717, 1.165) is 33.7 Å². The highest BCUT2D eigenvalue weighted by molar-refractivity contribution is 6.09. The molecule has 2 aromatic heterocycles. The van der Waals surface area contributed by atoms with E-state index in [0.29, 0.717) is 0 Å². The number of nitrogens with zero attached hydrogens (tertiary/aromatic N) is 1. The summed E-state index contributed by atoms with van der Waals surface area (Å²) in [5, 5.41) is 2.33. The fourth-order valence-corrected chi connectivity index (χ4v) is 4.42. The highest BCUT2D eigenvalue weighted by Crippen LogP contribution is 2.35. The first-order valence-corrected chi connectivity index (χ1v) is 9.74. The van der Waals surface area contributed by atoms with E-state index >= 15 is 0 Å². The van der Waals surface area contributed by atoms with Crippen LogP contribution in [-0.2, 0) is 6.42 Å². The van der Waals surface area contributed by atoms with Gasteiger partial charge in [0.2, 0.25) is 0 Å². The van der Waals surface area contributed by atoms with Gasteiger partial charge in [-0.25, -0.2) is 0 Å². The molecule has 0 atom stereocenters. The molecule has 0 radical (unpaired) electrons. The molecule has 2 nitrogen and oxygen atoms in total. The quantitative estimate of drug-likeness (QED) is 0.411. The molecule has 2 heteroatoms. The van der Waals surface area contributed by atoms with E-state index in [2.05, 4.69) is 47.4 Å². The van der Waals surface area contributed by atoms with E-state index < -0.39 is 0 Å². The summed E-state index contributed by atoms with van der Waals surface area (Å²) in [4.78, 5) is 4.66. The monoisotopic (exact) mass is 341 g/mol. The summed E-state index contributed by atoms with van der Waals surface area (Å²) in [5.74, 6) is 0.834. The lowest BCUT2D eigenvalue weighted by Crippen LogP contribution is -2.09. The van der Waals surface area contributed by atoms with Crippen LogP contribution in [0.1, 0.15) is 37.7 Å². The number of furan rings is 1. The van der Waals surface area contributed by atoms with Crippen LogP contribution in [0.5, 0.6) is 0 Å². The Morgan fingerprint density at radius 2 is 1.73 bits per heavy atom. The lowest BCUT2D eigenvalue weighted by Gasteiger charge is -2.21. The van der Waals surface area contributed by atoms with Gasteiger partial charge in [0.1, 0.15) is 11.2 Å². The molecule has 5 rings (SSSR count). The number of hydrogen-bond acceptors (Lipinski definition) is 2. The third kappa shape index (κ3) is 2.80. The van der Waals surface area contributed by atoms with Gasteiger partial charge in [0.05, 0.1) is 5.69 Å². The van der Waals surface area contributed by atoms with Crippen molar-refractivity contribution in [3.8, 4) is 11.3 Å². The molecule has 0 spiro atoms. The molecule has 0 N–H and O–H groups in total. The zero-order valence-corrected chi connectivity index (χ0v) is 14.9. The predicted molar refractivity (Wildman–Crippen MR) is 107 cm³/mol. The van der Waals surface area contributed by atoms with Crippen molar-refractivity contribution in [2.75, 3.05) is 0 Å². The number of para-hydroxylation sites is 2. The minimum absolute atomic E-state index is 0.834. The Morgan fingerprint density at radius 1 is 0.885 bits per heavy atom. The minimum atomic E-state index is 0.834. The zero-order chi connectivity index (χ0) is 17.3. The Balaban J connectivity index is 1.56. The van der Waals surface area contributed by atoms with E-state index in [9.17, 15) is 0 Å². The van der Waals surface area contributed by atoms with Crippen molar-refractivity contribution in [1.82, 2.24) is 4.98 Å². The molecule has 0 bridgehead atoms. The Morgan fingerprint density at radius 3 is 2.65 bits per heavy atom. The maximum Gasteiger partial charge on any atom is 0.144 e. The summed E-state index contributed by atoms with van der Waals surface area (Å²) in [6.45, 7) is 0. The van der Waals surface area contributed by atoms with E-state index in [1.54, 1.807) is 0 Å². The molecule has 0 amide bonds. The zero-order valence-electron chi connectivity index (χ0n) is 14.9. The number of benzene rings is 2. The van der Waals surface area contributed by atoms with Crippen LogP contribution in [0.3, 0.4) is 0 Å². The normalized spacial score (nSPS) is 15.7. The van der Waals surface area contributed by atoms with Crippen LogP contribution in [0.4, 0.5) is 0 Å². The molecule has 2 aromatic carbocycles. The van der Waals surface area contributed by atoms with Gasteiger partial charge in [-0.05, 0) is 42.2 Å². The molecule has 1 aliphatic rings. The third-order valence-electron chi connectivity index (χ3n) is 5.75. The van der Waals surface area contributed by atoms with Crippen LogP contribution >= 0.6 is 0 Å². The maximum absolute atomic E-state index is 6.19. The van der Waals surface area contributed by atoms with E-state index in [1.807, 2.05) is 18.3 Å². The van der Waals surface area contributed by atoms with E-state index in [4.69, 9.17) is 4.42 Å². The number of fused-ring (bicyclic) bond motifs is 3. The summed E-state index contributed by atoms with van der Waals surface area (Å²) in [6, 6.07) is 19.0. The van der Waals surface area contributed by atoms with Crippen LogP contribution in [0.25, 0.3) is 33.2 Å². The van der Waals surface area contributed by atoms with Gasteiger partial charge in [0.15, 0.2) is 0 Å². The Hall–Kier alpha value is -2.61. The molecule has 0 aliphatic heterocycles. The highest BCUT2D eigenvalue weighted by Gasteiger charge is 2.16. The molecular formula is C24H23NO. The Labute approximate surface area is 153 Å². The minimum Gasteiger partial charge on any atom is -0.455 e. The Bertz CT molecular complexity index is 1060. The molecule has 2 heterocycles. The van der Waals surface area contributed by atoms with Crippen molar-refractivity contribution >= 4 is 21.9 Å². The lowest BCUT2D eigenvalue weighted by molar-refractivity contribution is 0.356. The molecule has 0 saturated heterocycles. The average Bonchev–Trinajstić information content (AvgIpc) is 3.08. The van der Waals surface area contributed by atoms with Crippen molar-refractivity contribution in [3.63, 3.8) is 0 Å². The third-order valence-corrected chi connectivity index (χ3v) is 5.75. The van der Waals surface area contributed by atoms with Gasteiger partial charge < -0.3 is 4.42 Å². The fraction of sp³-hybridized carbons (Fsp3) is 0.292. The molecule has 1 aliphatic carbocycles. The Kier molecular flexibility index (Phi) is 3.97. The van der Waals surface area contributed by atoms with Gasteiger partial charge in [0.25, 0.3) is 0 Å². The molecule has 1 fully saturated rings. The number of hydrogen-bond donors (Lipinski definition) is 0. The van der Waals surface area contributed by atoms with Crippen LogP contribution in [0, 0.1) is 5.92 Å². The van der Waals surface area contributed by atoms with Gasteiger partial charge >= 0.3 is 0 Å². The smallest absolute Gasteiger partial charge is 0.144 e. The molecular weight excluding hydrogens is 318 g/mol. The highest BCUT2D eigenvalue weighted by atomic mass is 16.3. The molecule has 4 aromatic rings. The molecule has 130 valence electrons. The first kappa shape index (κ1) is 15.6. The predicted octanol–water partition coefficient (Wildman–Crippen LogP) is 6.77. The second-order valence-electron chi connectivity index (χ2n) is 7.54. The fourth-order valence-electron chi connectivity index (χ4n) is 4.42. The maximum atomic E-state index is 6.19. The summed E-state index contributed by atoms with van der Waals surface area (Å²) in [6.07, 6.45) is 10.1. The molecule has 0 unspecified atom stereocenters. The van der Waals surface area contributed by atoms with Crippen molar-refractivity contribution in [2.45, 2.75) is 38.5 Å². The second-order valence-corrected chi connectivity index (χ2v) is 7.54. The largest absolute Gasteiger partial charge is 0.455 e. The standard InChI is InChI=1S/C24H23NO/c1-2-7-17(8-3-1)15-18-13-14-25-22(16-18)21-11-6-10-20-19-9-4-5-12-23(19)26-24(20)21/h4-6,9-14,16-17H,1-3,7-8,15H2. The summed E-state index contributed by atoms with van der Waals surface area (Å²) < 4.78 is 6.19. The lowest BCUT2D eigenvalue weighted by atomic mass is 9.85. The second kappa shape index (κ2) is 6.60. The van der Waals surface area contributed by atoms with E-state index in [1.165, 1.54) is 49.5 Å². The van der Waals surface area contributed by atoms with Gasteiger partial charge in [-0.15, -0.1) is 0 Å². The number of aromatic nitrogens is 1. The van der Waals surface area contributed by atoms with Crippen LogP contribution in [0.15, 0.2) is 65.2 Å². The first-order chi connectivity index (χ1) is 12.9. The molecule has 26 heavy (non-hydrogen) atoms. The van der Waals surface area contributed by atoms with Crippen LogP contribution in [-0.4, -0.2) is 4.98 Å². The van der Waals surface area contributed by atoms with Crippen LogP contribution in [0.2, 0.25) is 0 Å². The van der Waals surface area contributed by atoms with Gasteiger partial charge in [-0.2, -0.15) is 0 Å². The first-order valence-electron chi connectivity index (χ1n) is 9.74. The van der Waals surface area contributed by atoms with Crippen molar-refractivity contribution in [1.29, 1.82) is 0 Å². The average molecular weight is 341 g/mol. The SMILES string of the molecule is c1ccc2c(c1)oc1c(-c3cc(CC4CCCCC4)ccn3)cccc12. The summed E-state index contributed by atoms with van der Waals surface area (Å²) in [5.41, 5.74) is 5.38. The summed E-state index contributed by atoms with van der Waals surface area (Å²) in [7, 11) is 0. The molecule has 1 saturated carbocycles. The van der Waals surface area contributed by atoms with Crippen LogP contribution < -0.4 is 0 Å². The summed E-state index contributed by atoms with van der Waals surface area (Å²) >= 11 is 0. The van der Waals surface area contributed by atoms with E-state index in [-0.39, 0.29) is 0 Å². The number of pyridine rings is 1. The van der Waals surface area contributed by atoms with Gasteiger partial charge in [-0.3, -0.25) is 4.98 Å². The topological polar surface area (TPSA) is 26.0 Å². The van der Waals surface area contributed by atoms with Crippen molar-refractivity contribution in [2.24, 2.45) is 5.92 Å². The number of rotatable bonds is 3. The van der Waals surface area contributed by atoms with Gasteiger partial charge in [-0.1, -0.05) is 62.4 Å². The van der Waals surface area contributed by atoms with Gasteiger partial charge in [0, 0.05) is 22.5 Å². The van der Waals surface area contributed by atoms with Crippen molar-refractivity contribution < 1.29 is 4.42 Å².